The molecule has 0 aliphatic heterocycles. The van der Waals surface area contributed by atoms with Crippen LogP contribution in [0, 0.1) is 0 Å². The summed E-state index contributed by atoms with van der Waals surface area (Å²) in [5, 5.41) is 5.41. The lowest BCUT2D eigenvalue weighted by atomic mass is 10.1. The molecule has 1 unspecified atom stereocenters. The first-order valence-electron chi connectivity index (χ1n) is 6.94. The van der Waals surface area contributed by atoms with Crippen molar-refractivity contribution in [3.63, 3.8) is 0 Å². The zero-order valence-corrected chi connectivity index (χ0v) is 11.9. The topological polar surface area (TPSA) is 34.1 Å². The number of rotatable bonds is 6. The average molecular weight is 258 g/mol. The average Bonchev–Trinajstić information content (AvgIpc) is 2.39. The standard InChI is InChI=1S/C16H22N2O/c1-4-7-12(2)19-16-15-9-6-5-8-13(15)10-14(18-16)11-17-3/h5-6,8-10,12,17H,4,7,11H2,1-3H3. The van der Waals surface area contributed by atoms with Gasteiger partial charge in [-0.05, 0) is 37.9 Å². The maximum absolute atomic E-state index is 6.02. The highest BCUT2D eigenvalue weighted by atomic mass is 16.5. The van der Waals surface area contributed by atoms with E-state index in [4.69, 9.17) is 4.74 Å². The number of pyridine rings is 1. The lowest BCUT2D eigenvalue weighted by Crippen LogP contribution is -2.14. The highest BCUT2D eigenvalue weighted by molar-refractivity contribution is 5.87. The van der Waals surface area contributed by atoms with Crippen LogP contribution in [0.25, 0.3) is 10.8 Å². The molecule has 3 nitrogen and oxygen atoms in total. The second-order valence-corrected chi connectivity index (χ2v) is 4.89. The number of nitrogens with one attached hydrogen (secondary N) is 1. The quantitative estimate of drug-likeness (QED) is 0.860. The summed E-state index contributed by atoms with van der Waals surface area (Å²) in [5.74, 6) is 0.754. The maximum Gasteiger partial charge on any atom is 0.221 e. The molecule has 1 atom stereocenters. The Kier molecular flexibility index (Phi) is 4.74. The lowest BCUT2D eigenvalue weighted by molar-refractivity contribution is 0.204. The first-order chi connectivity index (χ1) is 9.24. The smallest absolute Gasteiger partial charge is 0.221 e. The van der Waals surface area contributed by atoms with E-state index in [1.807, 2.05) is 19.2 Å². The van der Waals surface area contributed by atoms with Crippen molar-refractivity contribution in [3.8, 4) is 5.88 Å². The van der Waals surface area contributed by atoms with Crippen molar-refractivity contribution in [2.75, 3.05) is 7.05 Å². The Balaban J connectivity index is 2.38. The van der Waals surface area contributed by atoms with Crippen LogP contribution in [0.2, 0.25) is 0 Å². The normalized spacial score (nSPS) is 12.6. The number of nitrogens with zero attached hydrogens (tertiary/aromatic N) is 1. The molecule has 0 bridgehead atoms. The molecule has 1 N–H and O–H groups in total. The molecule has 0 fully saturated rings. The van der Waals surface area contributed by atoms with Gasteiger partial charge in [-0.3, -0.25) is 0 Å². The van der Waals surface area contributed by atoms with Gasteiger partial charge in [0.05, 0.1) is 11.8 Å². The van der Waals surface area contributed by atoms with Gasteiger partial charge >= 0.3 is 0 Å². The fraction of sp³-hybridized carbons (Fsp3) is 0.438. The molecule has 0 spiro atoms. The zero-order valence-electron chi connectivity index (χ0n) is 11.9. The van der Waals surface area contributed by atoms with Gasteiger partial charge in [-0.15, -0.1) is 0 Å². The highest BCUT2D eigenvalue weighted by Gasteiger charge is 2.10. The van der Waals surface area contributed by atoms with Crippen LogP contribution in [0.5, 0.6) is 5.88 Å². The predicted molar refractivity (Wildman–Crippen MR) is 79.5 cm³/mol. The SMILES string of the molecule is CCCC(C)Oc1nc(CNC)cc2ccccc12. The van der Waals surface area contributed by atoms with E-state index < -0.39 is 0 Å². The Bertz CT molecular complexity index is 539. The summed E-state index contributed by atoms with van der Waals surface area (Å²) in [6, 6.07) is 10.4. The maximum atomic E-state index is 6.02. The van der Waals surface area contributed by atoms with Crippen LogP contribution in [-0.2, 0) is 6.54 Å². The number of benzene rings is 1. The molecule has 3 heteroatoms. The number of fused-ring (bicyclic) bond motifs is 1. The molecule has 19 heavy (non-hydrogen) atoms. The Morgan fingerprint density at radius 1 is 1.32 bits per heavy atom. The molecule has 1 aromatic heterocycles. The van der Waals surface area contributed by atoms with Crippen molar-refractivity contribution in [3.05, 3.63) is 36.0 Å². The van der Waals surface area contributed by atoms with E-state index in [0.29, 0.717) is 0 Å². The molecule has 0 saturated carbocycles. The van der Waals surface area contributed by atoms with Gasteiger partial charge in [0.15, 0.2) is 0 Å². The van der Waals surface area contributed by atoms with Gasteiger partial charge in [-0.25, -0.2) is 4.98 Å². The minimum absolute atomic E-state index is 0.200. The molecular formula is C16H22N2O. The van der Waals surface area contributed by atoms with Gasteiger partial charge in [0, 0.05) is 11.9 Å². The Hall–Kier alpha value is -1.61. The van der Waals surface area contributed by atoms with Gasteiger partial charge in [-0.2, -0.15) is 0 Å². The third-order valence-corrected chi connectivity index (χ3v) is 3.12. The van der Waals surface area contributed by atoms with Gasteiger partial charge in [-0.1, -0.05) is 31.5 Å². The highest BCUT2D eigenvalue weighted by Crippen LogP contribution is 2.25. The van der Waals surface area contributed by atoms with Crippen LogP contribution < -0.4 is 10.1 Å². The summed E-state index contributed by atoms with van der Waals surface area (Å²) in [6.07, 6.45) is 2.37. The lowest BCUT2D eigenvalue weighted by Gasteiger charge is -2.15. The van der Waals surface area contributed by atoms with Crippen molar-refractivity contribution in [2.45, 2.75) is 39.3 Å². The summed E-state index contributed by atoms with van der Waals surface area (Å²) < 4.78 is 6.02. The molecule has 2 rings (SSSR count). The Labute approximate surface area is 115 Å². The summed E-state index contributed by atoms with van der Waals surface area (Å²) in [4.78, 5) is 4.63. The van der Waals surface area contributed by atoms with Crippen molar-refractivity contribution in [1.29, 1.82) is 0 Å². The molecule has 0 aliphatic carbocycles. The van der Waals surface area contributed by atoms with Crippen LogP contribution in [-0.4, -0.2) is 18.1 Å². The summed E-state index contributed by atoms with van der Waals surface area (Å²) in [6.45, 7) is 5.02. The molecule has 0 aliphatic rings. The third kappa shape index (κ3) is 3.44. The molecule has 0 amide bonds. The summed E-state index contributed by atoms with van der Waals surface area (Å²) in [5.41, 5.74) is 1.01. The fourth-order valence-corrected chi connectivity index (χ4v) is 2.24. The Morgan fingerprint density at radius 2 is 2.11 bits per heavy atom. The van der Waals surface area contributed by atoms with E-state index in [2.05, 4.69) is 42.3 Å². The van der Waals surface area contributed by atoms with Crippen LogP contribution in [0.3, 0.4) is 0 Å². The molecule has 0 radical (unpaired) electrons. The molecule has 0 saturated heterocycles. The first-order valence-corrected chi connectivity index (χ1v) is 6.94. The minimum atomic E-state index is 0.200. The van der Waals surface area contributed by atoms with Crippen molar-refractivity contribution >= 4 is 10.8 Å². The monoisotopic (exact) mass is 258 g/mol. The number of hydrogen-bond donors (Lipinski definition) is 1. The van der Waals surface area contributed by atoms with Crippen LogP contribution in [0.4, 0.5) is 0 Å². The van der Waals surface area contributed by atoms with E-state index in [-0.39, 0.29) is 6.10 Å². The second-order valence-electron chi connectivity index (χ2n) is 4.89. The number of aromatic nitrogens is 1. The summed E-state index contributed by atoms with van der Waals surface area (Å²) in [7, 11) is 1.93. The van der Waals surface area contributed by atoms with E-state index >= 15 is 0 Å². The van der Waals surface area contributed by atoms with E-state index in [1.54, 1.807) is 0 Å². The third-order valence-electron chi connectivity index (χ3n) is 3.12. The van der Waals surface area contributed by atoms with Gasteiger partial charge in [0.25, 0.3) is 0 Å². The van der Waals surface area contributed by atoms with Crippen molar-refractivity contribution in [1.82, 2.24) is 10.3 Å². The van der Waals surface area contributed by atoms with Crippen molar-refractivity contribution < 1.29 is 4.74 Å². The van der Waals surface area contributed by atoms with Crippen LogP contribution in [0.1, 0.15) is 32.4 Å². The van der Waals surface area contributed by atoms with Gasteiger partial charge < -0.3 is 10.1 Å². The minimum Gasteiger partial charge on any atom is -0.474 e. The van der Waals surface area contributed by atoms with E-state index in [9.17, 15) is 0 Å². The zero-order chi connectivity index (χ0) is 13.7. The molecule has 1 aromatic carbocycles. The second kappa shape index (κ2) is 6.53. The van der Waals surface area contributed by atoms with E-state index in [1.165, 1.54) is 5.39 Å². The first kappa shape index (κ1) is 13.8. The van der Waals surface area contributed by atoms with E-state index in [0.717, 1.165) is 36.3 Å². The predicted octanol–water partition coefficient (Wildman–Crippen LogP) is 3.52. The van der Waals surface area contributed by atoms with Gasteiger partial charge in [0.2, 0.25) is 5.88 Å². The molecule has 1 heterocycles. The number of ether oxygens (including phenoxy) is 1. The van der Waals surface area contributed by atoms with Crippen LogP contribution >= 0.6 is 0 Å². The fourth-order valence-electron chi connectivity index (χ4n) is 2.24. The molecule has 2 aromatic rings. The Morgan fingerprint density at radius 3 is 2.84 bits per heavy atom. The summed E-state index contributed by atoms with van der Waals surface area (Å²) >= 11 is 0. The largest absolute Gasteiger partial charge is 0.474 e. The van der Waals surface area contributed by atoms with Crippen LogP contribution in [0.15, 0.2) is 30.3 Å². The van der Waals surface area contributed by atoms with Gasteiger partial charge in [0.1, 0.15) is 0 Å². The molecule has 102 valence electrons. The number of hydrogen-bond acceptors (Lipinski definition) is 3. The molecular weight excluding hydrogens is 236 g/mol. The van der Waals surface area contributed by atoms with Crippen molar-refractivity contribution in [2.24, 2.45) is 0 Å².